The molecule has 3 heteroatoms. The lowest BCUT2D eigenvalue weighted by Crippen LogP contribution is -2.28. The van der Waals surface area contributed by atoms with Crippen LogP contribution in [0.3, 0.4) is 0 Å². The fourth-order valence-corrected chi connectivity index (χ4v) is 2.22. The van der Waals surface area contributed by atoms with Crippen molar-refractivity contribution in [3.8, 4) is 0 Å². The van der Waals surface area contributed by atoms with Gasteiger partial charge in [0.15, 0.2) is 0 Å². The van der Waals surface area contributed by atoms with Crippen molar-refractivity contribution in [3.63, 3.8) is 0 Å². The van der Waals surface area contributed by atoms with Crippen LogP contribution >= 0.6 is 0 Å². The van der Waals surface area contributed by atoms with Gasteiger partial charge in [-0.15, -0.1) is 0 Å². The van der Waals surface area contributed by atoms with Gasteiger partial charge in [-0.3, -0.25) is 0 Å². The first-order valence-corrected chi connectivity index (χ1v) is 7.35. The molecule has 0 saturated heterocycles. The van der Waals surface area contributed by atoms with E-state index in [-0.39, 0.29) is 11.5 Å². The number of halogens is 2. The normalized spacial score (nSPS) is 15.2. The SMILES string of the molecule is CCNC(CC(C)C(C)(C)C)c1cc(C)c(F)cc1F. The first-order valence-electron chi connectivity index (χ1n) is 7.35. The Morgan fingerprint density at radius 2 is 1.75 bits per heavy atom. The van der Waals surface area contributed by atoms with E-state index in [0.717, 1.165) is 19.0 Å². The van der Waals surface area contributed by atoms with E-state index < -0.39 is 11.6 Å². The van der Waals surface area contributed by atoms with Gasteiger partial charge in [0, 0.05) is 17.7 Å². The van der Waals surface area contributed by atoms with Gasteiger partial charge in [0.2, 0.25) is 0 Å². The molecule has 1 rings (SSSR count). The third-order valence-corrected chi connectivity index (χ3v) is 4.17. The van der Waals surface area contributed by atoms with Crippen molar-refractivity contribution in [1.82, 2.24) is 5.32 Å². The van der Waals surface area contributed by atoms with Crippen LogP contribution in [-0.4, -0.2) is 6.54 Å². The number of hydrogen-bond donors (Lipinski definition) is 1. The van der Waals surface area contributed by atoms with Gasteiger partial charge in [-0.2, -0.15) is 0 Å². The van der Waals surface area contributed by atoms with E-state index in [1.165, 1.54) is 0 Å². The van der Waals surface area contributed by atoms with Crippen LogP contribution < -0.4 is 5.32 Å². The van der Waals surface area contributed by atoms with E-state index >= 15 is 0 Å². The first-order chi connectivity index (χ1) is 9.16. The van der Waals surface area contributed by atoms with Crippen molar-refractivity contribution in [3.05, 3.63) is 34.9 Å². The number of hydrogen-bond acceptors (Lipinski definition) is 1. The van der Waals surface area contributed by atoms with Gasteiger partial charge in [-0.05, 0) is 42.9 Å². The third-order valence-electron chi connectivity index (χ3n) is 4.17. The topological polar surface area (TPSA) is 12.0 Å². The summed E-state index contributed by atoms with van der Waals surface area (Å²) in [5.41, 5.74) is 1.23. The minimum absolute atomic E-state index is 0.0754. The van der Waals surface area contributed by atoms with Crippen molar-refractivity contribution in [2.75, 3.05) is 6.54 Å². The molecule has 1 N–H and O–H groups in total. The summed E-state index contributed by atoms with van der Waals surface area (Å²) in [6.45, 7) is 13.2. The monoisotopic (exact) mass is 283 g/mol. The molecule has 0 fully saturated rings. The van der Waals surface area contributed by atoms with Crippen molar-refractivity contribution >= 4 is 0 Å². The Morgan fingerprint density at radius 1 is 1.15 bits per heavy atom. The molecule has 0 saturated carbocycles. The van der Waals surface area contributed by atoms with Gasteiger partial charge in [0.1, 0.15) is 11.6 Å². The van der Waals surface area contributed by atoms with E-state index in [0.29, 0.717) is 17.0 Å². The summed E-state index contributed by atoms with van der Waals surface area (Å²) in [6.07, 6.45) is 0.833. The number of aryl methyl sites for hydroxylation is 1. The highest BCUT2D eigenvalue weighted by molar-refractivity contribution is 5.28. The highest BCUT2D eigenvalue weighted by atomic mass is 19.1. The average molecular weight is 283 g/mol. The summed E-state index contributed by atoms with van der Waals surface area (Å²) in [6, 6.07) is 2.55. The number of rotatable bonds is 5. The maximum atomic E-state index is 14.1. The van der Waals surface area contributed by atoms with E-state index in [9.17, 15) is 8.78 Å². The number of benzene rings is 1. The Labute approximate surface area is 121 Å². The second kappa shape index (κ2) is 6.66. The van der Waals surface area contributed by atoms with Crippen LogP contribution in [0.2, 0.25) is 0 Å². The molecule has 0 amide bonds. The van der Waals surface area contributed by atoms with Crippen molar-refractivity contribution < 1.29 is 8.78 Å². The maximum absolute atomic E-state index is 14.1. The predicted octanol–water partition coefficient (Wildman–Crippen LogP) is 5.00. The van der Waals surface area contributed by atoms with E-state index in [2.05, 4.69) is 33.0 Å². The molecule has 1 nitrogen and oxygen atoms in total. The summed E-state index contributed by atoms with van der Waals surface area (Å²) >= 11 is 0. The molecule has 0 aliphatic heterocycles. The Morgan fingerprint density at radius 3 is 2.25 bits per heavy atom. The molecular weight excluding hydrogens is 256 g/mol. The molecule has 1 aromatic rings. The molecule has 0 aliphatic carbocycles. The van der Waals surface area contributed by atoms with Crippen LogP contribution in [0.25, 0.3) is 0 Å². The molecule has 0 bridgehead atoms. The minimum atomic E-state index is -0.481. The lowest BCUT2D eigenvalue weighted by Gasteiger charge is -2.31. The summed E-state index contributed by atoms with van der Waals surface area (Å²) in [5, 5.41) is 3.33. The van der Waals surface area contributed by atoms with E-state index in [1.807, 2.05) is 6.92 Å². The molecule has 1 aromatic carbocycles. The standard InChI is InChI=1S/C17H27F2N/c1-7-20-16(9-12(3)17(4,5)6)13-8-11(2)14(18)10-15(13)19/h8,10,12,16,20H,7,9H2,1-6H3. The molecule has 114 valence electrons. The lowest BCUT2D eigenvalue weighted by molar-refractivity contribution is 0.222. The highest BCUT2D eigenvalue weighted by Crippen LogP contribution is 2.34. The Hall–Kier alpha value is -0.960. The van der Waals surface area contributed by atoms with Gasteiger partial charge >= 0.3 is 0 Å². The van der Waals surface area contributed by atoms with Gasteiger partial charge in [-0.1, -0.05) is 34.6 Å². The van der Waals surface area contributed by atoms with Crippen LogP contribution in [-0.2, 0) is 0 Å². The summed E-state index contributed by atoms with van der Waals surface area (Å²) in [4.78, 5) is 0. The molecule has 0 aliphatic rings. The van der Waals surface area contributed by atoms with Gasteiger partial charge in [0.05, 0.1) is 0 Å². The minimum Gasteiger partial charge on any atom is -0.310 e. The van der Waals surface area contributed by atoms with Crippen molar-refractivity contribution in [2.24, 2.45) is 11.3 Å². The Kier molecular flexibility index (Phi) is 5.69. The number of nitrogens with one attached hydrogen (secondary N) is 1. The lowest BCUT2D eigenvalue weighted by atomic mass is 9.77. The molecule has 2 atom stereocenters. The van der Waals surface area contributed by atoms with Crippen LogP contribution in [0, 0.1) is 29.9 Å². The second-order valence-electron chi connectivity index (χ2n) is 6.74. The summed E-state index contributed by atoms with van der Waals surface area (Å²) in [7, 11) is 0. The average Bonchev–Trinajstić information content (AvgIpc) is 2.32. The fraction of sp³-hybridized carbons (Fsp3) is 0.647. The van der Waals surface area contributed by atoms with Crippen molar-refractivity contribution in [2.45, 2.75) is 54.0 Å². The first kappa shape index (κ1) is 17.1. The largest absolute Gasteiger partial charge is 0.310 e. The maximum Gasteiger partial charge on any atom is 0.130 e. The van der Waals surface area contributed by atoms with Crippen LogP contribution in [0.1, 0.15) is 58.2 Å². The van der Waals surface area contributed by atoms with Crippen LogP contribution in [0.5, 0.6) is 0 Å². The van der Waals surface area contributed by atoms with E-state index in [1.54, 1.807) is 13.0 Å². The zero-order valence-corrected chi connectivity index (χ0v) is 13.5. The molecule has 0 heterocycles. The quantitative estimate of drug-likeness (QED) is 0.802. The van der Waals surface area contributed by atoms with Crippen molar-refractivity contribution in [1.29, 1.82) is 0 Å². The molecule has 0 aromatic heterocycles. The molecular formula is C17H27F2N. The van der Waals surface area contributed by atoms with Gasteiger partial charge in [-0.25, -0.2) is 8.78 Å². The zero-order valence-electron chi connectivity index (χ0n) is 13.5. The van der Waals surface area contributed by atoms with Crippen LogP contribution in [0.15, 0.2) is 12.1 Å². The summed E-state index contributed by atoms with van der Waals surface area (Å²) < 4.78 is 27.5. The van der Waals surface area contributed by atoms with Gasteiger partial charge < -0.3 is 5.32 Å². The highest BCUT2D eigenvalue weighted by Gasteiger charge is 2.26. The van der Waals surface area contributed by atoms with E-state index in [4.69, 9.17) is 0 Å². The smallest absolute Gasteiger partial charge is 0.130 e. The van der Waals surface area contributed by atoms with Gasteiger partial charge in [0.25, 0.3) is 0 Å². The molecule has 0 radical (unpaired) electrons. The second-order valence-corrected chi connectivity index (χ2v) is 6.74. The molecule has 0 spiro atoms. The fourth-order valence-electron chi connectivity index (χ4n) is 2.22. The van der Waals surface area contributed by atoms with Crippen LogP contribution in [0.4, 0.5) is 8.78 Å². The predicted molar refractivity (Wildman–Crippen MR) is 80.7 cm³/mol. The zero-order chi connectivity index (χ0) is 15.5. The summed E-state index contributed by atoms with van der Waals surface area (Å²) in [5.74, 6) is -0.512. The molecule has 2 unspecified atom stereocenters. The molecule has 20 heavy (non-hydrogen) atoms. The third kappa shape index (κ3) is 4.27. The Balaban J connectivity index is 3.05. The Bertz CT molecular complexity index is 449.